The molecule has 0 spiro atoms. The Balaban J connectivity index is 3.27. The van der Waals surface area contributed by atoms with Crippen LogP contribution in [0.5, 0.6) is 11.5 Å². The molecule has 0 radical (unpaired) electrons. The van der Waals surface area contributed by atoms with Crippen molar-refractivity contribution in [1.82, 2.24) is 0 Å². The second-order valence-corrected chi connectivity index (χ2v) is 5.05. The summed E-state index contributed by atoms with van der Waals surface area (Å²) in [5, 5.41) is 5.08. The fraction of sp³-hybridized carbons (Fsp3) is 0.400. The van der Waals surface area contributed by atoms with Gasteiger partial charge in [0.2, 0.25) is 10.0 Å². The third-order valence-electron chi connectivity index (χ3n) is 1.82. The second-order valence-electron chi connectivity index (χ2n) is 3.52. The quantitative estimate of drug-likeness (QED) is 0.862. The molecular formula is C10H15NO4S. The molecule has 0 amide bonds. The van der Waals surface area contributed by atoms with Crippen molar-refractivity contribution in [2.75, 3.05) is 7.11 Å². The van der Waals surface area contributed by atoms with Gasteiger partial charge in [0, 0.05) is 6.07 Å². The Morgan fingerprint density at radius 3 is 2.38 bits per heavy atom. The van der Waals surface area contributed by atoms with E-state index in [9.17, 15) is 8.42 Å². The Labute approximate surface area is 95.2 Å². The first kappa shape index (κ1) is 12.8. The summed E-state index contributed by atoms with van der Waals surface area (Å²) < 4.78 is 32.9. The van der Waals surface area contributed by atoms with E-state index < -0.39 is 10.0 Å². The smallest absolute Gasteiger partial charge is 0.241 e. The van der Waals surface area contributed by atoms with E-state index in [0.29, 0.717) is 5.75 Å². The lowest BCUT2D eigenvalue weighted by atomic mass is 10.3. The molecule has 0 aromatic heterocycles. The molecule has 6 heteroatoms. The fourth-order valence-electron chi connectivity index (χ4n) is 1.20. The van der Waals surface area contributed by atoms with Gasteiger partial charge in [-0.3, -0.25) is 0 Å². The highest BCUT2D eigenvalue weighted by molar-refractivity contribution is 7.89. The van der Waals surface area contributed by atoms with Crippen molar-refractivity contribution in [2.24, 2.45) is 5.14 Å². The molecule has 1 rings (SSSR count). The van der Waals surface area contributed by atoms with Crippen LogP contribution in [0.25, 0.3) is 0 Å². The molecule has 0 saturated carbocycles. The fourth-order valence-corrected chi connectivity index (χ4v) is 1.84. The molecule has 90 valence electrons. The van der Waals surface area contributed by atoms with E-state index in [1.807, 2.05) is 0 Å². The van der Waals surface area contributed by atoms with E-state index >= 15 is 0 Å². The molecule has 0 aliphatic carbocycles. The maximum Gasteiger partial charge on any atom is 0.241 e. The number of hydrogen-bond donors (Lipinski definition) is 1. The van der Waals surface area contributed by atoms with Gasteiger partial charge in [0.15, 0.2) is 0 Å². The number of nitrogens with two attached hydrogens (primary N) is 1. The average molecular weight is 245 g/mol. The minimum atomic E-state index is -3.78. The third kappa shape index (κ3) is 3.11. The van der Waals surface area contributed by atoms with Crippen LogP contribution in [0.3, 0.4) is 0 Å². The van der Waals surface area contributed by atoms with Gasteiger partial charge < -0.3 is 9.47 Å². The SMILES string of the molecule is COc1ccc(S(N)(=O)=O)c(OC(C)C)c1. The van der Waals surface area contributed by atoms with Crippen molar-refractivity contribution in [3.63, 3.8) is 0 Å². The molecule has 5 nitrogen and oxygen atoms in total. The van der Waals surface area contributed by atoms with E-state index in [1.165, 1.54) is 25.3 Å². The Morgan fingerprint density at radius 2 is 1.94 bits per heavy atom. The first-order valence-corrected chi connectivity index (χ1v) is 6.26. The molecule has 0 aliphatic rings. The van der Waals surface area contributed by atoms with Crippen molar-refractivity contribution in [1.29, 1.82) is 0 Å². The molecule has 0 heterocycles. The van der Waals surface area contributed by atoms with Crippen molar-refractivity contribution >= 4 is 10.0 Å². The molecule has 0 unspecified atom stereocenters. The van der Waals surface area contributed by atoms with Crippen LogP contribution in [0.1, 0.15) is 13.8 Å². The largest absolute Gasteiger partial charge is 0.497 e. The summed E-state index contributed by atoms with van der Waals surface area (Å²) in [7, 11) is -2.29. The topological polar surface area (TPSA) is 78.6 Å². The summed E-state index contributed by atoms with van der Waals surface area (Å²) in [5.41, 5.74) is 0. The highest BCUT2D eigenvalue weighted by Crippen LogP contribution is 2.28. The lowest BCUT2D eigenvalue weighted by Crippen LogP contribution is -2.16. The standard InChI is InChI=1S/C10H15NO4S/c1-7(2)15-9-6-8(14-3)4-5-10(9)16(11,12)13/h4-7H,1-3H3,(H2,11,12,13). The van der Waals surface area contributed by atoms with Gasteiger partial charge in [-0.1, -0.05) is 0 Å². The van der Waals surface area contributed by atoms with Crippen LogP contribution in [0, 0.1) is 0 Å². The molecule has 0 fully saturated rings. The molecule has 2 N–H and O–H groups in total. The number of primary sulfonamides is 1. The Hall–Kier alpha value is -1.27. The van der Waals surface area contributed by atoms with E-state index in [4.69, 9.17) is 14.6 Å². The molecule has 1 aromatic rings. The molecule has 0 atom stereocenters. The zero-order valence-corrected chi connectivity index (χ0v) is 10.2. The van der Waals surface area contributed by atoms with Crippen molar-refractivity contribution in [3.05, 3.63) is 18.2 Å². The average Bonchev–Trinajstić information content (AvgIpc) is 2.14. The second kappa shape index (κ2) is 4.71. The lowest BCUT2D eigenvalue weighted by Gasteiger charge is -2.14. The Bertz CT molecular complexity index is 468. The summed E-state index contributed by atoms with van der Waals surface area (Å²) >= 11 is 0. The summed E-state index contributed by atoms with van der Waals surface area (Å²) in [6, 6.07) is 4.39. The van der Waals surface area contributed by atoms with Crippen LogP contribution in [-0.2, 0) is 10.0 Å². The van der Waals surface area contributed by atoms with Crippen LogP contribution >= 0.6 is 0 Å². The summed E-state index contributed by atoms with van der Waals surface area (Å²) in [6.45, 7) is 3.60. The maximum absolute atomic E-state index is 11.3. The number of hydrogen-bond acceptors (Lipinski definition) is 4. The summed E-state index contributed by atoms with van der Waals surface area (Å²) in [5.74, 6) is 0.722. The van der Waals surface area contributed by atoms with Gasteiger partial charge in [-0.25, -0.2) is 13.6 Å². The van der Waals surface area contributed by atoms with E-state index in [2.05, 4.69) is 0 Å². The normalized spacial score (nSPS) is 11.6. The van der Waals surface area contributed by atoms with Crippen LogP contribution in [0.2, 0.25) is 0 Å². The van der Waals surface area contributed by atoms with Crippen molar-refractivity contribution < 1.29 is 17.9 Å². The first-order chi connectivity index (χ1) is 7.34. The molecule has 0 bridgehead atoms. The molecule has 16 heavy (non-hydrogen) atoms. The predicted molar refractivity (Wildman–Crippen MR) is 60.1 cm³/mol. The maximum atomic E-state index is 11.3. The highest BCUT2D eigenvalue weighted by Gasteiger charge is 2.16. The molecule has 0 saturated heterocycles. The van der Waals surface area contributed by atoms with Crippen LogP contribution in [0.4, 0.5) is 0 Å². The third-order valence-corrected chi connectivity index (χ3v) is 2.77. The van der Waals surface area contributed by atoms with E-state index in [1.54, 1.807) is 13.8 Å². The summed E-state index contributed by atoms with van der Waals surface area (Å²) in [4.78, 5) is -0.0398. The highest BCUT2D eigenvalue weighted by atomic mass is 32.2. The van der Waals surface area contributed by atoms with Gasteiger partial charge in [0.1, 0.15) is 16.4 Å². The lowest BCUT2D eigenvalue weighted by molar-refractivity contribution is 0.235. The van der Waals surface area contributed by atoms with Gasteiger partial charge >= 0.3 is 0 Å². The number of benzene rings is 1. The van der Waals surface area contributed by atoms with E-state index in [0.717, 1.165) is 0 Å². The summed E-state index contributed by atoms with van der Waals surface area (Å²) in [6.07, 6.45) is -0.146. The van der Waals surface area contributed by atoms with Gasteiger partial charge in [0.05, 0.1) is 13.2 Å². The monoisotopic (exact) mass is 245 g/mol. The Kier molecular flexibility index (Phi) is 3.77. The van der Waals surface area contributed by atoms with Crippen molar-refractivity contribution in [2.45, 2.75) is 24.8 Å². The number of methoxy groups -OCH3 is 1. The van der Waals surface area contributed by atoms with Gasteiger partial charge in [-0.2, -0.15) is 0 Å². The number of sulfonamides is 1. The number of rotatable bonds is 4. The van der Waals surface area contributed by atoms with E-state index in [-0.39, 0.29) is 16.7 Å². The first-order valence-electron chi connectivity index (χ1n) is 4.72. The van der Waals surface area contributed by atoms with Gasteiger partial charge in [0.25, 0.3) is 0 Å². The minimum Gasteiger partial charge on any atom is -0.497 e. The molecular weight excluding hydrogens is 230 g/mol. The Morgan fingerprint density at radius 1 is 1.31 bits per heavy atom. The van der Waals surface area contributed by atoms with Crippen LogP contribution in [-0.4, -0.2) is 21.6 Å². The van der Waals surface area contributed by atoms with Crippen LogP contribution < -0.4 is 14.6 Å². The van der Waals surface area contributed by atoms with Crippen molar-refractivity contribution in [3.8, 4) is 11.5 Å². The molecule has 0 aliphatic heterocycles. The predicted octanol–water partition coefficient (Wildman–Crippen LogP) is 1.13. The van der Waals surface area contributed by atoms with Gasteiger partial charge in [-0.05, 0) is 26.0 Å². The van der Waals surface area contributed by atoms with Crippen LogP contribution in [0.15, 0.2) is 23.1 Å². The van der Waals surface area contributed by atoms with Gasteiger partial charge in [-0.15, -0.1) is 0 Å². The molecule has 1 aromatic carbocycles. The zero-order chi connectivity index (χ0) is 12.3. The zero-order valence-electron chi connectivity index (χ0n) is 9.43. The minimum absolute atomic E-state index is 0.0398. The number of ether oxygens (including phenoxy) is 2.